The number of hydrogen-bond donors (Lipinski definition) is 1. The number of ether oxygens (including phenoxy) is 1. The number of carbonyl (C=O) groups excluding carboxylic acids is 1. The normalized spacial score (nSPS) is 13.0. The molecule has 7 heteroatoms. The number of fused-ring (bicyclic) bond motifs is 3. The number of nitrogens with one attached hydrogen (secondary N) is 1. The molecule has 0 saturated carbocycles. The Morgan fingerprint density at radius 3 is 2.78 bits per heavy atom. The van der Waals surface area contributed by atoms with E-state index in [1.54, 1.807) is 18.4 Å². The lowest BCUT2D eigenvalue weighted by Crippen LogP contribution is -2.14. The lowest BCUT2D eigenvalue weighted by molar-refractivity contribution is -0.113. The molecule has 1 aliphatic rings. The van der Waals surface area contributed by atoms with Gasteiger partial charge in [-0.25, -0.2) is 9.97 Å². The highest BCUT2D eigenvalue weighted by molar-refractivity contribution is 8.00. The molecule has 2 heterocycles. The van der Waals surface area contributed by atoms with Crippen LogP contribution < -0.4 is 10.1 Å². The number of aromatic nitrogens is 2. The van der Waals surface area contributed by atoms with E-state index in [1.807, 2.05) is 54.6 Å². The number of nitrogens with zero attached hydrogens (tertiary/aromatic N) is 2. The van der Waals surface area contributed by atoms with Gasteiger partial charge in [-0.3, -0.25) is 4.79 Å². The van der Waals surface area contributed by atoms with Crippen LogP contribution in [0.5, 0.6) is 5.75 Å². The van der Waals surface area contributed by atoms with Crippen molar-refractivity contribution in [2.45, 2.75) is 30.7 Å². The first kappa shape index (κ1) is 21.0. The lowest BCUT2D eigenvalue weighted by atomic mass is 9.97. The standard InChI is InChI=1S/C25H23N3O2S2/c1-30-18-11-7-10-17(14-18)26-21(29)15-31-24-22-19-12-5-6-13-20(19)32-25(22)28-23(27-24)16-8-3-2-4-9-16/h2-4,7-11,14H,5-6,12-13,15H2,1H3,(H,26,29). The summed E-state index contributed by atoms with van der Waals surface area (Å²) in [4.78, 5) is 25.0. The molecule has 0 bridgehead atoms. The second-order valence-electron chi connectivity index (χ2n) is 7.68. The van der Waals surface area contributed by atoms with E-state index in [1.165, 1.54) is 35.0 Å². The van der Waals surface area contributed by atoms with Crippen LogP contribution in [0.15, 0.2) is 59.6 Å². The van der Waals surface area contributed by atoms with Crippen molar-refractivity contribution >= 4 is 44.9 Å². The van der Waals surface area contributed by atoms with Gasteiger partial charge in [0.15, 0.2) is 5.82 Å². The molecule has 0 aliphatic heterocycles. The molecule has 0 fully saturated rings. The number of anilines is 1. The van der Waals surface area contributed by atoms with Crippen molar-refractivity contribution in [2.24, 2.45) is 0 Å². The minimum atomic E-state index is -0.0691. The van der Waals surface area contributed by atoms with Gasteiger partial charge in [-0.1, -0.05) is 48.2 Å². The Morgan fingerprint density at radius 2 is 1.94 bits per heavy atom. The van der Waals surface area contributed by atoms with E-state index in [2.05, 4.69) is 5.32 Å². The third-order valence-corrected chi connectivity index (χ3v) is 7.67. The first-order valence-electron chi connectivity index (χ1n) is 10.7. The molecule has 1 N–H and O–H groups in total. The first-order chi connectivity index (χ1) is 15.7. The molecular formula is C25H23N3O2S2. The van der Waals surface area contributed by atoms with Gasteiger partial charge in [-0.2, -0.15) is 0 Å². The summed E-state index contributed by atoms with van der Waals surface area (Å²) in [6.45, 7) is 0. The minimum Gasteiger partial charge on any atom is -0.497 e. The van der Waals surface area contributed by atoms with Gasteiger partial charge >= 0.3 is 0 Å². The number of carbonyl (C=O) groups is 1. The lowest BCUT2D eigenvalue weighted by Gasteiger charge is -2.12. The maximum absolute atomic E-state index is 12.7. The Kier molecular flexibility index (Phi) is 6.10. The quantitative estimate of drug-likeness (QED) is 0.283. The van der Waals surface area contributed by atoms with E-state index >= 15 is 0 Å². The van der Waals surface area contributed by atoms with E-state index in [4.69, 9.17) is 14.7 Å². The molecule has 5 nitrogen and oxygen atoms in total. The largest absolute Gasteiger partial charge is 0.497 e. The molecule has 2 aromatic carbocycles. The Hall–Kier alpha value is -2.90. The average molecular weight is 462 g/mol. The van der Waals surface area contributed by atoms with Crippen LogP contribution in [-0.4, -0.2) is 28.7 Å². The monoisotopic (exact) mass is 461 g/mol. The van der Waals surface area contributed by atoms with Crippen LogP contribution in [-0.2, 0) is 17.6 Å². The Labute approximate surface area is 195 Å². The van der Waals surface area contributed by atoms with E-state index in [9.17, 15) is 4.79 Å². The molecular weight excluding hydrogens is 438 g/mol. The Morgan fingerprint density at radius 1 is 1.09 bits per heavy atom. The van der Waals surface area contributed by atoms with Gasteiger partial charge in [0, 0.05) is 27.6 Å². The molecule has 0 saturated heterocycles. The fraction of sp³-hybridized carbons (Fsp3) is 0.240. The second-order valence-corrected chi connectivity index (χ2v) is 9.73. The van der Waals surface area contributed by atoms with Gasteiger partial charge in [-0.15, -0.1) is 11.3 Å². The Balaban J connectivity index is 1.45. The topological polar surface area (TPSA) is 64.1 Å². The van der Waals surface area contributed by atoms with Crippen molar-refractivity contribution in [2.75, 3.05) is 18.2 Å². The number of amides is 1. The summed E-state index contributed by atoms with van der Waals surface area (Å²) < 4.78 is 5.24. The highest BCUT2D eigenvalue weighted by atomic mass is 32.2. The number of thioether (sulfide) groups is 1. The molecule has 2 aromatic heterocycles. The van der Waals surface area contributed by atoms with Crippen LogP contribution in [0.25, 0.3) is 21.6 Å². The van der Waals surface area contributed by atoms with Gasteiger partial charge in [0.2, 0.25) is 5.91 Å². The molecule has 4 aromatic rings. The maximum Gasteiger partial charge on any atom is 0.234 e. The van der Waals surface area contributed by atoms with E-state index in [-0.39, 0.29) is 11.7 Å². The van der Waals surface area contributed by atoms with E-state index < -0.39 is 0 Å². The fourth-order valence-electron chi connectivity index (χ4n) is 3.98. The third-order valence-electron chi connectivity index (χ3n) is 5.51. The molecule has 162 valence electrons. The van der Waals surface area contributed by atoms with Crippen molar-refractivity contribution < 1.29 is 9.53 Å². The zero-order valence-corrected chi connectivity index (χ0v) is 19.4. The maximum atomic E-state index is 12.7. The summed E-state index contributed by atoms with van der Waals surface area (Å²) in [5.74, 6) is 1.64. The molecule has 5 rings (SSSR count). The van der Waals surface area contributed by atoms with Gasteiger partial charge in [0.25, 0.3) is 0 Å². The molecule has 1 amide bonds. The molecule has 1 aliphatic carbocycles. The van der Waals surface area contributed by atoms with Crippen molar-refractivity contribution in [3.63, 3.8) is 0 Å². The molecule has 32 heavy (non-hydrogen) atoms. The van der Waals surface area contributed by atoms with Gasteiger partial charge in [0.05, 0.1) is 12.9 Å². The highest BCUT2D eigenvalue weighted by Gasteiger charge is 2.22. The molecule has 0 spiro atoms. The highest BCUT2D eigenvalue weighted by Crippen LogP contribution is 2.40. The van der Waals surface area contributed by atoms with Gasteiger partial charge in [0.1, 0.15) is 15.6 Å². The molecule has 0 atom stereocenters. The second kappa shape index (κ2) is 9.30. The van der Waals surface area contributed by atoms with Crippen LogP contribution in [0.4, 0.5) is 5.69 Å². The number of methoxy groups -OCH3 is 1. The number of aryl methyl sites for hydroxylation is 2. The minimum absolute atomic E-state index is 0.0691. The van der Waals surface area contributed by atoms with E-state index in [0.717, 1.165) is 39.3 Å². The van der Waals surface area contributed by atoms with Crippen LogP contribution in [0.3, 0.4) is 0 Å². The van der Waals surface area contributed by atoms with Crippen LogP contribution >= 0.6 is 23.1 Å². The number of rotatable bonds is 6. The van der Waals surface area contributed by atoms with E-state index in [0.29, 0.717) is 11.6 Å². The van der Waals surface area contributed by atoms with Crippen molar-refractivity contribution in [3.8, 4) is 17.1 Å². The summed E-state index contributed by atoms with van der Waals surface area (Å²) in [7, 11) is 1.61. The predicted molar refractivity (Wildman–Crippen MR) is 132 cm³/mol. The molecule has 0 radical (unpaired) electrons. The summed E-state index contributed by atoms with van der Waals surface area (Å²) >= 11 is 3.27. The van der Waals surface area contributed by atoms with Gasteiger partial charge < -0.3 is 10.1 Å². The van der Waals surface area contributed by atoms with Crippen LogP contribution in [0.2, 0.25) is 0 Å². The van der Waals surface area contributed by atoms with Crippen LogP contribution in [0.1, 0.15) is 23.3 Å². The van der Waals surface area contributed by atoms with Crippen LogP contribution in [0, 0.1) is 0 Å². The molecule has 0 unspecified atom stereocenters. The van der Waals surface area contributed by atoms with Gasteiger partial charge in [-0.05, 0) is 43.4 Å². The average Bonchev–Trinajstić information content (AvgIpc) is 3.22. The first-order valence-corrected chi connectivity index (χ1v) is 12.5. The summed E-state index contributed by atoms with van der Waals surface area (Å²) in [6, 6.07) is 17.4. The number of benzene rings is 2. The SMILES string of the molecule is COc1cccc(NC(=O)CSc2nc(-c3ccccc3)nc3sc4c(c23)CCCC4)c1. The fourth-order valence-corrected chi connectivity index (χ4v) is 6.16. The Bertz CT molecular complexity index is 1270. The smallest absolute Gasteiger partial charge is 0.234 e. The van der Waals surface area contributed by atoms with Crippen molar-refractivity contribution in [1.82, 2.24) is 9.97 Å². The zero-order valence-electron chi connectivity index (χ0n) is 17.8. The summed E-state index contributed by atoms with van der Waals surface area (Å²) in [5, 5.41) is 5.00. The number of thiophene rings is 1. The predicted octanol–water partition coefficient (Wildman–Crippen LogP) is 5.98. The summed E-state index contributed by atoms with van der Waals surface area (Å²) in [6.07, 6.45) is 4.59. The van der Waals surface area contributed by atoms with Crippen molar-refractivity contribution in [3.05, 3.63) is 65.0 Å². The summed E-state index contributed by atoms with van der Waals surface area (Å²) in [5.41, 5.74) is 3.09. The number of hydrogen-bond acceptors (Lipinski definition) is 6. The van der Waals surface area contributed by atoms with Crippen molar-refractivity contribution in [1.29, 1.82) is 0 Å². The zero-order chi connectivity index (χ0) is 21.9. The third kappa shape index (κ3) is 4.36.